The molecule has 0 rings (SSSR count). The lowest BCUT2D eigenvalue weighted by Crippen LogP contribution is -2.29. The normalized spacial score (nSPS) is 13.5. The summed E-state index contributed by atoms with van der Waals surface area (Å²) in [4.78, 5) is 34.7. The van der Waals surface area contributed by atoms with Crippen molar-refractivity contribution in [2.24, 2.45) is 5.73 Å². The summed E-state index contributed by atoms with van der Waals surface area (Å²) in [6.07, 6.45) is 33.8. The lowest BCUT2D eigenvalue weighted by Gasteiger charge is -2.19. The van der Waals surface area contributed by atoms with E-state index in [4.69, 9.17) is 24.3 Å². The van der Waals surface area contributed by atoms with E-state index in [1.54, 1.807) is 0 Å². The molecule has 0 radical (unpaired) electrons. The van der Waals surface area contributed by atoms with E-state index in [1.807, 2.05) is 0 Å². The zero-order valence-electron chi connectivity index (χ0n) is 31.0. The zero-order chi connectivity index (χ0) is 35.4. The summed E-state index contributed by atoms with van der Waals surface area (Å²) in [7, 11) is -4.37. The van der Waals surface area contributed by atoms with Gasteiger partial charge in [-0.3, -0.25) is 18.6 Å². The fraction of sp³-hybridized carbons (Fsp3) is 0.895. The minimum Gasteiger partial charge on any atom is -0.462 e. The van der Waals surface area contributed by atoms with Crippen molar-refractivity contribution in [2.75, 3.05) is 26.4 Å². The van der Waals surface area contributed by atoms with Crippen LogP contribution in [0.25, 0.3) is 0 Å². The van der Waals surface area contributed by atoms with E-state index >= 15 is 0 Å². The van der Waals surface area contributed by atoms with Crippen molar-refractivity contribution in [1.82, 2.24) is 0 Å². The molecule has 0 amide bonds. The van der Waals surface area contributed by atoms with Crippen LogP contribution in [-0.2, 0) is 32.7 Å². The van der Waals surface area contributed by atoms with Gasteiger partial charge < -0.3 is 20.1 Å². The maximum absolute atomic E-state index is 12.5. The van der Waals surface area contributed by atoms with Crippen LogP contribution in [0.15, 0.2) is 12.2 Å². The first kappa shape index (κ1) is 46.8. The number of unbranched alkanes of at least 4 members (excludes halogenated alkanes) is 22. The minimum atomic E-state index is -4.37. The molecule has 0 heterocycles. The third kappa shape index (κ3) is 34.6. The molecule has 0 aromatic rings. The SMILES string of the molecule is CCCCCCCC/C=C/CCCCCCCC(=O)OC[C@H](COP(=O)(O)OCCN)OC(=O)CCCCCCCCCCCCCC. The standard InChI is InChI=1S/C38H74NO8P/c1-3-5-7-9-11-13-15-17-18-19-21-22-24-26-28-30-37(40)44-34-36(35-46-48(42,43)45-33-32-39)47-38(41)31-29-27-25-23-20-16-14-12-10-8-6-4-2/h17-18,36H,3-16,19-35,39H2,1-2H3,(H,42,43)/b18-17+/t36-/m1/s1. The smallest absolute Gasteiger partial charge is 0.462 e. The van der Waals surface area contributed by atoms with Gasteiger partial charge in [0.1, 0.15) is 6.61 Å². The van der Waals surface area contributed by atoms with Crippen molar-refractivity contribution in [2.45, 2.75) is 193 Å². The Labute approximate surface area is 294 Å². The van der Waals surface area contributed by atoms with Crippen LogP contribution >= 0.6 is 7.82 Å². The molecule has 2 atom stereocenters. The Morgan fingerprint density at radius 3 is 1.48 bits per heavy atom. The monoisotopic (exact) mass is 704 g/mol. The highest BCUT2D eigenvalue weighted by Gasteiger charge is 2.25. The maximum atomic E-state index is 12.5. The Kier molecular flexibility index (Phi) is 34.6. The fourth-order valence-electron chi connectivity index (χ4n) is 5.45. The number of esters is 2. The van der Waals surface area contributed by atoms with Crippen LogP contribution in [-0.4, -0.2) is 49.3 Å². The van der Waals surface area contributed by atoms with Crippen molar-refractivity contribution >= 4 is 19.8 Å². The Balaban J connectivity index is 4.19. The second-order valence-corrected chi connectivity index (χ2v) is 14.6. The van der Waals surface area contributed by atoms with Gasteiger partial charge in [-0.25, -0.2) is 4.57 Å². The molecule has 0 saturated carbocycles. The second kappa shape index (κ2) is 35.6. The molecule has 48 heavy (non-hydrogen) atoms. The summed E-state index contributed by atoms with van der Waals surface area (Å²) in [5.74, 6) is -0.833. The molecule has 0 fully saturated rings. The van der Waals surface area contributed by atoms with Crippen LogP contribution in [0.2, 0.25) is 0 Å². The van der Waals surface area contributed by atoms with Crippen LogP contribution in [0.5, 0.6) is 0 Å². The third-order valence-corrected chi connectivity index (χ3v) is 9.39. The quantitative estimate of drug-likeness (QED) is 0.0280. The van der Waals surface area contributed by atoms with Crippen LogP contribution in [0.1, 0.15) is 187 Å². The molecular weight excluding hydrogens is 629 g/mol. The van der Waals surface area contributed by atoms with Crippen molar-refractivity contribution in [3.63, 3.8) is 0 Å². The summed E-state index contributed by atoms with van der Waals surface area (Å²) in [5.41, 5.74) is 5.33. The second-order valence-electron chi connectivity index (χ2n) is 13.2. The molecule has 0 aromatic heterocycles. The number of ether oxygens (including phenoxy) is 2. The van der Waals surface area contributed by atoms with Crippen molar-refractivity contribution in [3.8, 4) is 0 Å². The summed E-state index contributed by atoms with van der Waals surface area (Å²) in [6.45, 7) is 3.72. The van der Waals surface area contributed by atoms with E-state index in [0.717, 1.165) is 51.4 Å². The van der Waals surface area contributed by atoms with Crippen LogP contribution in [0.3, 0.4) is 0 Å². The van der Waals surface area contributed by atoms with E-state index in [2.05, 4.69) is 26.0 Å². The molecule has 9 nitrogen and oxygen atoms in total. The van der Waals surface area contributed by atoms with E-state index in [1.165, 1.54) is 103 Å². The van der Waals surface area contributed by atoms with Crippen molar-refractivity contribution in [3.05, 3.63) is 12.2 Å². The maximum Gasteiger partial charge on any atom is 0.472 e. The molecule has 10 heteroatoms. The predicted molar refractivity (Wildman–Crippen MR) is 197 cm³/mol. The highest BCUT2D eigenvalue weighted by molar-refractivity contribution is 7.47. The van der Waals surface area contributed by atoms with Gasteiger partial charge in [-0.1, -0.05) is 148 Å². The molecule has 0 aliphatic rings. The van der Waals surface area contributed by atoms with Gasteiger partial charge in [0.25, 0.3) is 0 Å². The van der Waals surface area contributed by atoms with Gasteiger partial charge in [0.05, 0.1) is 13.2 Å². The molecule has 0 aromatic carbocycles. The molecule has 284 valence electrons. The highest BCUT2D eigenvalue weighted by Crippen LogP contribution is 2.43. The lowest BCUT2D eigenvalue weighted by atomic mass is 10.0. The number of phosphoric ester groups is 1. The lowest BCUT2D eigenvalue weighted by molar-refractivity contribution is -0.161. The largest absolute Gasteiger partial charge is 0.472 e. The van der Waals surface area contributed by atoms with Crippen LogP contribution in [0.4, 0.5) is 0 Å². The number of nitrogens with two attached hydrogens (primary N) is 1. The number of rotatable bonds is 37. The van der Waals surface area contributed by atoms with E-state index < -0.39 is 26.5 Å². The Morgan fingerprint density at radius 2 is 1.02 bits per heavy atom. The number of hydrogen-bond donors (Lipinski definition) is 2. The number of carbonyl (C=O) groups is 2. The number of allylic oxidation sites excluding steroid dienone is 2. The molecule has 0 aliphatic carbocycles. The van der Waals surface area contributed by atoms with E-state index in [-0.39, 0.29) is 38.6 Å². The first-order valence-corrected chi connectivity index (χ1v) is 21.2. The van der Waals surface area contributed by atoms with Gasteiger partial charge in [0.2, 0.25) is 0 Å². The first-order chi connectivity index (χ1) is 23.3. The summed E-state index contributed by atoms with van der Waals surface area (Å²) in [5, 5.41) is 0. The minimum absolute atomic E-state index is 0.0549. The topological polar surface area (TPSA) is 134 Å². The molecule has 0 bridgehead atoms. The fourth-order valence-corrected chi connectivity index (χ4v) is 6.22. The van der Waals surface area contributed by atoms with Gasteiger partial charge in [-0.2, -0.15) is 0 Å². The summed E-state index contributed by atoms with van der Waals surface area (Å²) >= 11 is 0. The first-order valence-electron chi connectivity index (χ1n) is 19.7. The Hall–Kier alpha value is -1.25. The zero-order valence-corrected chi connectivity index (χ0v) is 31.9. The summed E-state index contributed by atoms with van der Waals surface area (Å²) in [6, 6.07) is 0. The molecule has 1 unspecified atom stereocenters. The Morgan fingerprint density at radius 1 is 0.604 bits per heavy atom. The average Bonchev–Trinajstić information content (AvgIpc) is 3.07. The predicted octanol–water partition coefficient (Wildman–Crippen LogP) is 10.7. The van der Waals surface area contributed by atoms with Gasteiger partial charge in [0.15, 0.2) is 6.10 Å². The third-order valence-electron chi connectivity index (χ3n) is 8.40. The van der Waals surface area contributed by atoms with Gasteiger partial charge >= 0.3 is 19.8 Å². The molecule has 0 saturated heterocycles. The molecular formula is C38H74NO8P. The number of phosphoric acid groups is 1. The van der Waals surface area contributed by atoms with Crippen molar-refractivity contribution < 1.29 is 37.6 Å². The van der Waals surface area contributed by atoms with Crippen molar-refractivity contribution in [1.29, 1.82) is 0 Å². The number of hydrogen-bond acceptors (Lipinski definition) is 8. The van der Waals surface area contributed by atoms with E-state index in [0.29, 0.717) is 6.42 Å². The molecule has 0 spiro atoms. The number of carbonyl (C=O) groups excluding carboxylic acids is 2. The molecule has 3 N–H and O–H groups in total. The van der Waals surface area contributed by atoms with Gasteiger partial charge in [0, 0.05) is 19.4 Å². The summed E-state index contributed by atoms with van der Waals surface area (Å²) < 4.78 is 32.6. The van der Waals surface area contributed by atoms with Gasteiger partial charge in [-0.15, -0.1) is 0 Å². The molecule has 0 aliphatic heterocycles. The average molecular weight is 704 g/mol. The van der Waals surface area contributed by atoms with E-state index in [9.17, 15) is 19.0 Å². The Bertz CT molecular complexity index is 810. The van der Waals surface area contributed by atoms with Gasteiger partial charge in [-0.05, 0) is 38.5 Å². The highest BCUT2D eigenvalue weighted by atomic mass is 31.2. The van der Waals surface area contributed by atoms with Crippen LogP contribution < -0.4 is 5.73 Å². The van der Waals surface area contributed by atoms with Crippen LogP contribution in [0, 0.1) is 0 Å².